The Morgan fingerprint density at radius 3 is 2.28 bits per heavy atom. The summed E-state index contributed by atoms with van der Waals surface area (Å²) in [4.78, 5) is 64.5. The van der Waals surface area contributed by atoms with Crippen LogP contribution in [0.3, 0.4) is 0 Å². The third kappa shape index (κ3) is 4.07. The molecule has 11 heteroatoms. The molecule has 1 aliphatic heterocycles. The topological polar surface area (TPSA) is 127 Å². The van der Waals surface area contributed by atoms with Gasteiger partial charge in [-0.15, -0.1) is 0 Å². The normalized spacial score (nSPS) is 13.2. The maximum Gasteiger partial charge on any atom is 0.287 e. The van der Waals surface area contributed by atoms with E-state index in [1.165, 1.54) is 56.5 Å². The van der Waals surface area contributed by atoms with E-state index in [1.54, 1.807) is 18.2 Å². The molecule has 0 unspecified atom stereocenters. The van der Waals surface area contributed by atoms with Crippen molar-refractivity contribution in [2.75, 3.05) is 7.11 Å². The van der Waals surface area contributed by atoms with E-state index in [4.69, 9.17) is 16.3 Å². The predicted molar refractivity (Wildman–Crippen MR) is 128 cm³/mol. The SMILES string of the molecule is COc1ccc(C(=O)[C@@H](C)N(C(=O)c2ccccc2Cl)N2C(=O)c3cccc([N+](=O)[O-])c3C2=O)cc1. The number of nitro benzene ring substituents is 1. The Kier molecular flexibility index (Phi) is 6.54. The Morgan fingerprint density at radius 1 is 1.00 bits per heavy atom. The first kappa shape index (κ1) is 24.6. The van der Waals surface area contributed by atoms with Crippen molar-refractivity contribution in [1.29, 1.82) is 0 Å². The van der Waals surface area contributed by atoms with Gasteiger partial charge in [0.15, 0.2) is 5.78 Å². The highest BCUT2D eigenvalue weighted by Gasteiger charge is 2.48. The molecule has 0 fully saturated rings. The number of fused-ring (bicyclic) bond motifs is 1. The molecule has 0 bridgehead atoms. The van der Waals surface area contributed by atoms with Crippen LogP contribution in [0.5, 0.6) is 5.75 Å². The highest BCUT2D eigenvalue weighted by molar-refractivity contribution is 6.34. The lowest BCUT2D eigenvalue weighted by molar-refractivity contribution is -0.385. The van der Waals surface area contributed by atoms with Crippen molar-refractivity contribution in [3.8, 4) is 5.75 Å². The van der Waals surface area contributed by atoms with Crippen molar-refractivity contribution in [3.63, 3.8) is 0 Å². The summed E-state index contributed by atoms with van der Waals surface area (Å²) in [5.41, 5.74) is -1.20. The summed E-state index contributed by atoms with van der Waals surface area (Å²) in [6.07, 6.45) is 0. The summed E-state index contributed by atoms with van der Waals surface area (Å²) >= 11 is 6.21. The number of halogens is 1. The molecule has 10 nitrogen and oxygen atoms in total. The Hall–Kier alpha value is -4.57. The van der Waals surface area contributed by atoms with Gasteiger partial charge in [-0.2, -0.15) is 5.01 Å². The lowest BCUT2D eigenvalue weighted by atomic mass is 10.0. The molecular weight excluding hydrogens is 490 g/mol. The third-order valence-electron chi connectivity index (χ3n) is 5.72. The van der Waals surface area contributed by atoms with E-state index in [0.717, 1.165) is 6.07 Å². The number of nitro groups is 1. The van der Waals surface area contributed by atoms with Crippen molar-refractivity contribution < 1.29 is 28.8 Å². The van der Waals surface area contributed by atoms with Gasteiger partial charge in [-0.3, -0.25) is 29.3 Å². The molecule has 0 radical (unpaired) electrons. The molecule has 4 rings (SSSR count). The Labute approximate surface area is 209 Å². The Balaban J connectivity index is 1.83. The highest BCUT2D eigenvalue weighted by Crippen LogP contribution is 2.34. The second kappa shape index (κ2) is 9.59. The quantitative estimate of drug-likeness (QED) is 0.203. The van der Waals surface area contributed by atoms with Crippen molar-refractivity contribution in [2.24, 2.45) is 0 Å². The average Bonchev–Trinajstić information content (AvgIpc) is 3.13. The number of Topliss-reactive ketones (excluding diaryl/α,β-unsaturated/α-hetero) is 1. The van der Waals surface area contributed by atoms with Gasteiger partial charge in [0.2, 0.25) is 0 Å². The van der Waals surface area contributed by atoms with Gasteiger partial charge in [-0.25, -0.2) is 5.01 Å². The highest BCUT2D eigenvalue weighted by atomic mass is 35.5. The van der Waals surface area contributed by atoms with Gasteiger partial charge in [0, 0.05) is 11.6 Å². The Morgan fingerprint density at radius 2 is 1.67 bits per heavy atom. The molecule has 182 valence electrons. The molecule has 0 saturated heterocycles. The van der Waals surface area contributed by atoms with Gasteiger partial charge in [0.25, 0.3) is 23.4 Å². The van der Waals surface area contributed by atoms with Crippen molar-refractivity contribution >= 4 is 40.8 Å². The Bertz CT molecular complexity index is 1420. The zero-order chi connectivity index (χ0) is 26.1. The first-order chi connectivity index (χ1) is 17.2. The summed E-state index contributed by atoms with van der Waals surface area (Å²) in [7, 11) is 1.46. The standard InChI is InChI=1S/C25H18ClN3O7/c1-14(22(30)15-10-12-16(36-2)13-11-15)27(23(31)17-6-3-4-8-19(17)26)28-24(32)18-7-5-9-20(29(34)35)21(18)25(28)33/h3-14H,1-2H3/t14-/m1/s1. The minimum absolute atomic E-state index is 0.0270. The van der Waals surface area contributed by atoms with Crippen LogP contribution in [-0.2, 0) is 0 Å². The molecule has 1 aliphatic rings. The second-order valence-electron chi connectivity index (χ2n) is 7.78. The van der Waals surface area contributed by atoms with Gasteiger partial charge in [-0.05, 0) is 49.4 Å². The summed E-state index contributed by atoms with van der Waals surface area (Å²) in [6, 6.07) is 14.2. The van der Waals surface area contributed by atoms with E-state index in [2.05, 4.69) is 0 Å². The second-order valence-corrected chi connectivity index (χ2v) is 8.18. The zero-order valence-electron chi connectivity index (χ0n) is 19.0. The van der Waals surface area contributed by atoms with Crippen LogP contribution in [0, 0.1) is 10.1 Å². The average molecular weight is 508 g/mol. The van der Waals surface area contributed by atoms with Gasteiger partial charge < -0.3 is 4.74 Å². The van der Waals surface area contributed by atoms with Gasteiger partial charge in [0.1, 0.15) is 17.4 Å². The smallest absolute Gasteiger partial charge is 0.287 e. The molecule has 1 atom stereocenters. The third-order valence-corrected chi connectivity index (χ3v) is 6.05. The molecule has 0 saturated carbocycles. The lowest BCUT2D eigenvalue weighted by Gasteiger charge is -2.34. The number of imide groups is 1. The summed E-state index contributed by atoms with van der Waals surface area (Å²) in [6.45, 7) is 1.35. The monoisotopic (exact) mass is 507 g/mol. The number of methoxy groups -OCH3 is 1. The predicted octanol–water partition coefficient (Wildman–Crippen LogP) is 4.18. The van der Waals surface area contributed by atoms with Crippen molar-refractivity contribution in [2.45, 2.75) is 13.0 Å². The largest absolute Gasteiger partial charge is 0.497 e. The fourth-order valence-corrected chi connectivity index (χ4v) is 4.13. The van der Waals surface area contributed by atoms with Crippen LogP contribution >= 0.6 is 11.6 Å². The lowest BCUT2D eigenvalue weighted by Crippen LogP contribution is -2.56. The van der Waals surface area contributed by atoms with E-state index in [0.29, 0.717) is 15.8 Å². The number of amides is 3. The molecule has 36 heavy (non-hydrogen) atoms. The number of ketones is 1. The molecule has 0 aliphatic carbocycles. The number of carbonyl (C=O) groups excluding carboxylic acids is 4. The van der Waals surface area contributed by atoms with Gasteiger partial charge in [-0.1, -0.05) is 29.8 Å². The van der Waals surface area contributed by atoms with Crippen LogP contribution < -0.4 is 4.74 Å². The van der Waals surface area contributed by atoms with Crippen LogP contribution in [0.2, 0.25) is 5.02 Å². The number of benzene rings is 3. The number of hydrazine groups is 1. The molecule has 0 spiro atoms. The molecule has 3 aromatic carbocycles. The van der Waals surface area contributed by atoms with E-state index in [9.17, 15) is 29.3 Å². The van der Waals surface area contributed by atoms with Crippen LogP contribution in [0.1, 0.15) is 48.4 Å². The summed E-state index contributed by atoms with van der Waals surface area (Å²) in [5.74, 6) is -3.09. The van der Waals surface area contributed by atoms with E-state index in [-0.39, 0.29) is 21.7 Å². The fraction of sp³-hybridized carbons (Fsp3) is 0.120. The number of hydrogen-bond donors (Lipinski definition) is 0. The van der Waals surface area contributed by atoms with Crippen LogP contribution in [0.25, 0.3) is 0 Å². The number of hydrogen-bond acceptors (Lipinski definition) is 7. The summed E-state index contributed by atoms with van der Waals surface area (Å²) < 4.78 is 5.10. The zero-order valence-corrected chi connectivity index (χ0v) is 19.8. The van der Waals surface area contributed by atoms with Crippen LogP contribution in [-0.4, -0.2) is 51.6 Å². The van der Waals surface area contributed by atoms with Gasteiger partial charge >= 0.3 is 0 Å². The molecule has 1 heterocycles. The van der Waals surface area contributed by atoms with Crippen molar-refractivity contribution in [3.05, 3.63) is 104 Å². The van der Waals surface area contributed by atoms with Crippen LogP contribution in [0.4, 0.5) is 5.69 Å². The number of nitrogens with zero attached hydrogens (tertiary/aromatic N) is 3. The van der Waals surface area contributed by atoms with E-state index in [1.807, 2.05) is 0 Å². The molecule has 0 N–H and O–H groups in total. The maximum absolute atomic E-state index is 13.7. The first-order valence-electron chi connectivity index (χ1n) is 10.6. The first-order valence-corrected chi connectivity index (χ1v) is 11.0. The maximum atomic E-state index is 13.7. The molecule has 3 aromatic rings. The number of ether oxygens (including phenoxy) is 1. The molecule has 3 amide bonds. The molecular formula is C25H18ClN3O7. The van der Waals surface area contributed by atoms with Gasteiger partial charge in [0.05, 0.1) is 28.2 Å². The number of rotatable bonds is 7. The minimum atomic E-state index is -1.37. The van der Waals surface area contributed by atoms with E-state index < -0.39 is 45.7 Å². The summed E-state index contributed by atoms with van der Waals surface area (Å²) in [5, 5.41) is 12.7. The van der Waals surface area contributed by atoms with Crippen molar-refractivity contribution in [1.82, 2.24) is 10.0 Å². The van der Waals surface area contributed by atoms with Crippen LogP contribution in [0.15, 0.2) is 66.7 Å². The fourth-order valence-electron chi connectivity index (χ4n) is 3.91. The van der Waals surface area contributed by atoms with E-state index >= 15 is 0 Å². The minimum Gasteiger partial charge on any atom is -0.497 e. The molecule has 0 aromatic heterocycles. The number of carbonyl (C=O) groups is 4.